The topological polar surface area (TPSA) is 96.9 Å². The van der Waals surface area contributed by atoms with Crippen LogP contribution < -0.4 is 10.2 Å². The maximum Gasteiger partial charge on any atom is 0.257 e. The van der Waals surface area contributed by atoms with Gasteiger partial charge in [-0.05, 0) is 32.1 Å². The Kier molecular flexibility index (Phi) is 7.69. The van der Waals surface area contributed by atoms with Crippen LogP contribution in [-0.4, -0.2) is 85.3 Å². The van der Waals surface area contributed by atoms with E-state index in [0.29, 0.717) is 49.8 Å². The average molecular weight is 432 g/mol. The van der Waals surface area contributed by atoms with Crippen LogP contribution in [0.25, 0.3) is 0 Å². The minimum absolute atomic E-state index is 0.0111. The molecule has 3 aliphatic rings. The lowest BCUT2D eigenvalue weighted by Gasteiger charge is -2.27. The number of ether oxygens (including phenoxy) is 2. The number of likely N-dealkylation sites (tertiary alicyclic amines) is 1. The summed E-state index contributed by atoms with van der Waals surface area (Å²) in [5.41, 5.74) is 1.24. The van der Waals surface area contributed by atoms with Gasteiger partial charge in [-0.25, -0.2) is 9.97 Å². The molecule has 3 aliphatic heterocycles. The van der Waals surface area contributed by atoms with Crippen molar-refractivity contribution in [3.63, 3.8) is 0 Å². The van der Waals surface area contributed by atoms with Crippen molar-refractivity contribution in [2.24, 2.45) is 0 Å². The molecule has 9 heteroatoms. The molecule has 0 saturated carbocycles. The van der Waals surface area contributed by atoms with Gasteiger partial charge in [0.05, 0.1) is 37.0 Å². The van der Waals surface area contributed by atoms with E-state index in [-0.39, 0.29) is 17.9 Å². The lowest BCUT2D eigenvalue weighted by Crippen LogP contribution is -2.38. The Bertz CT molecular complexity index is 756. The molecular weight excluding hydrogens is 398 g/mol. The highest BCUT2D eigenvalue weighted by molar-refractivity contribution is 5.95. The molecule has 1 atom stereocenters. The van der Waals surface area contributed by atoms with E-state index in [1.165, 1.54) is 0 Å². The van der Waals surface area contributed by atoms with E-state index in [1.807, 2.05) is 4.90 Å². The minimum atomic E-state index is -0.0122. The van der Waals surface area contributed by atoms with Crippen LogP contribution in [0.15, 0.2) is 6.20 Å². The highest BCUT2D eigenvalue weighted by atomic mass is 16.5. The van der Waals surface area contributed by atoms with Crippen LogP contribution in [0.3, 0.4) is 0 Å². The average Bonchev–Trinajstić information content (AvgIpc) is 3.35. The Balaban J connectivity index is 1.40. The normalized spacial score (nSPS) is 21.9. The fourth-order valence-electron chi connectivity index (χ4n) is 4.35. The van der Waals surface area contributed by atoms with Gasteiger partial charge in [-0.2, -0.15) is 0 Å². The molecule has 1 N–H and O–H groups in total. The van der Waals surface area contributed by atoms with Crippen LogP contribution in [0.2, 0.25) is 0 Å². The predicted octanol–water partition coefficient (Wildman–Crippen LogP) is 1.17. The van der Waals surface area contributed by atoms with E-state index in [4.69, 9.17) is 14.5 Å². The summed E-state index contributed by atoms with van der Waals surface area (Å²) in [4.78, 5) is 38.5. The Hall–Kier alpha value is -2.26. The third kappa shape index (κ3) is 5.92. The van der Waals surface area contributed by atoms with Crippen LogP contribution in [0.5, 0.6) is 0 Å². The van der Waals surface area contributed by atoms with Crippen molar-refractivity contribution >= 4 is 17.8 Å². The van der Waals surface area contributed by atoms with E-state index in [9.17, 15) is 9.59 Å². The van der Waals surface area contributed by atoms with Gasteiger partial charge in [-0.15, -0.1) is 0 Å². The number of aromatic nitrogens is 2. The van der Waals surface area contributed by atoms with Gasteiger partial charge in [0.25, 0.3) is 5.91 Å². The largest absolute Gasteiger partial charge is 0.378 e. The second kappa shape index (κ2) is 10.9. The van der Waals surface area contributed by atoms with Crippen LogP contribution in [0.1, 0.15) is 54.6 Å². The smallest absolute Gasteiger partial charge is 0.257 e. The molecule has 0 radical (unpaired) electrons. The fraction of sp³-hybridized carbons (Fsp3) is 0.727. The lowest BCUT2D eigenvalue weighted by atomic mass is 10.1. The summed E-state index contributed by atoms with van der Waals surface area (Å²) < 4.78 is 11.1. The first-order valence-corrected chi connectivity index (χ1v) is 11.6. The van der Waals surface area contributed by atoms with E-state index < -0.39 is 0 Å². The van der Waals surface area contributed by atoms with Gasteiger partial charge in [0.2, 0.25) is 11.9 Å². The Morgan fingerprint density at radius 1 is 1.06 bits per heavy atom. The lowest BCUT2D eigenvalue weighted by molar-refractivity contribution is -0.124. The fourth-order valence-corrected chi connectivity index (χ4v) is 4.35. The second-order valence-electron chi connectivity index (χ2n) is 8.42. The maximum atomic E-state index is 13.0. The van der Waals surface area contributed by atoms with Crippen molar-refractivity contribution in [1.82, 2.24) is 20.2 Å². The van der Waals surface area contributed by atoms with Gasteiger partial charge < -0.3 is 24.6 Å². The zero-order chi connectivity index (χ0) is 21.5. The van der Waals surface area contributed by atoms with Gasteiger partial charge in [0.1, 0.15) is 0 Å². The summed E-state index contributed by atoms with van der Waals surface area (Å²) in [6.07, 6.45) is 7.76. The minimum Gasteiger partial charge on any atom is -0.378 e. The molecule has 9 nitrogen and oxygen atoms in total. The molecule has 0 spiro atoms. The molecule has 0 aliphatic carbocycles. The van der Waals surface area contributed by atoms with E-state index in [2.05, 4.69) is 15.2 Å². The Morgan fingerprint density at radius 3 is 2.61 bits per heavy atom. The zero-order valence-corrected chi connectivity index (χ0v) is 18.2. The van der Waals surface area contributed by atoms with E-state index in [1.54, 1.807) is 6.20 Å². The Labute approximate surface area is 183 Å². The Morgan fingerprint density at radius 2 is 1.87 bits per heavy atom. The molecule has 1 aromatic heterocycles. The zero-order valence-electron chi connectivity index (χ0n) is 18.2. The maximum absolute atomic E-state index is 13.0. The molecule has 31 heavy (non-hydrogen) atoms. The quantitative estimate of drug-likeness (QED) is 0.692. The summed E-state index contributed by atoms with van der Waals surface area (Å²) in [5, 5.41) is 2.98. The van der Waals surface area contributed by atoms with Crippen molar-refractivity contribution in [3.05, 3.63) is 17.5 Å². The van der Waals surface area contributed by atoms with E-state index in [0.717, 1.165) is 64.9 Å². The number of carbonyl (C=O) groups is 2. The molecule has 1 unspecified atom stereocenters. The number of anilines is 1. The molecule has 0 bridgehead atoms. The summed E-state index contributed by atoms with van der Waals surface area (Å²) >= 11 is 0. The first kappa shape index (κ1) is 22.0. The van der Waals surface area contributed by atoms with Crippen LogP contribution in [-0.2, 0) is 20.7 Å². The molecule has 0 aromatic carbocycles. The molecular formula is C22H33N5O4. The first-order valence-electron chi connectivity index (χ1n) is 11.6. The van der Waals surface area contributed by atoms with E-state index >= 15 is 0 Å². The highest BCUT2D eigenvalue weighted by Gasteiger charge is 2.25. The predicted molar refractivity (Wildman–Crippen MR) is 115 cm³/mol. The molecule has 170 valence electrons. The molecule has 2 amide bonds. The number of carbonyl (C=O) groups excluding carboxylic acids is 2. The van der Waals surface area contributed by atoms with Crippen LogP contribution >= 0.6 is 0 Å². The molecule has 4 heterocycles. The molecule has 3 saturated heterocycles. The second-order valence-corrected chi connectivity index (χ2v) is 8.42. The van der Waals surface area contributed by atoms with Crippen molar-refractivity contribution < 1.29 is 19.1 Å². The summed E-state index contributed by atoms with van der Waals surface area (Å²) in [6.45, 7) is 5.49. The number of hydrogen-bond donors (Lipinski definition) is 1. The third-order valence-electron chi connectivity index (χ3n) is 6.14. The number of nitrogens with zero attached hydrogens (tertiary/aromatic N) is 4. The van der Waals surface area contributed by atoms with Crippen molar-refractivity contribution in [1.29, 1.82) is 0 Å². The summed E-state index contributed by atoms with van der Waals surface area (Å²) in [5.74, 6) is 0.600. The summed E-state index contributed by atoms with van der Waals surface area (Å²) in [6, 6.07) is 0. The van der Waals surface area contributed by atoms with Crippen molar-refractivity contribution in [2.45, 2.75) is 51.0 Å². The molecule has 4 rings (SSSR count). The molecule has 3 fully saturated rings. The number of nitrogens with one attached hydrogen (secondary N) is 1. The van der Waals surface area contributed by atoms with Crippen LogP contribution in [0.4, 0.5) is 5.95 Å². The third-order valence-corrected chi connectivity index (χ3v) is 6.14. The SMILES string of the molecule is O=C(CC1CCCCO1)NCCc1nc(N2CCOCC2)ncc1C(=O)N1CCCC1. The number of rotatable bonds is 7. The number of hydrogen-bond acceptors (Lipinski definition) is 7. The van der Waals surface area contributed by atoms with Gasteiger partial charge in [0, 0.05) is 51.9 Å². The van der Waals surface area contributed by atoms with Gasteiger partial charge in [-0.1, -0.05) is 0 Å². The van der Waals surface area contributed by atoms with Crippen molar-refractivity contribution in [2.75, 3.05) is 57.4 Å². The number of amides is 2. The monoisotopic (exact) mass is 431 g/mol. The highest BCUT2D eigenvalue weighted by Crippen LogP contribution is 2.19. The van der Waals surface area contributed by atoms with Gasteiger partial charge in [0.15, 0.2) is 0 Å². The standard InChI is InChI=1S/C22H33N5O4/c28-20(15-17-5-1-4-12-31-17)23-7-6-19-18(21(29)26-8-2-3-9-26)16-24-22(25-19)27-10-13-30-14-11-27/h16-17H,1-15H2,(H,23,28). The first-order chi connectivity index (χ1) is 15.2. The summed E-state index contributed by atoms with van der Waals surface area (Å²) in [7, 11) is 0. The van der Waals surface area contributed by atoms with Crippen LogP contribution in [0, 0.1) is 0 Å². The van der Waals surface area contributed by atoms with Gasteiger partial charge in [-0.3, -0.25) is 9.59 Å². The van der Waals surface area contributed by atoms with Gasteiger partial charge >= 0.3 is 0 Å². The van der Waals surface area contributed by atoms with Crippen molar-refractivity contribution in [3.8, 4) is 0 Å². The molecule has 1 aromatic rings. The number of morpholine rings is 1.